The van der Waals surface area contributed by atoms with Gasteiger partial charge in [0.15, 0.2) is 0 Å². The van der Waals surface area contributed by atoms with Crippen molar-refractivity contribution >= 4 is 25.7 Å². The molecule has 3 aromatic rings. The zero-order valence-electron chi connectivity index (χ0n) is 19.5. The van der Waals surface area contributed by atoms with Gasteiger partial charge in [-0.2, -0.15) is 0 Å². The molecule has 1 radical (unpaired) electrons. The maximum Gasteiger partial charge on any atom is 0.482 e. The Kier molecular flexibility index (Phi) is 12.3. The Morgan fingerprint density at radius 3 is 1.56 bits per heavy atom. The topological polar surface area (TPSA) is 145 Å². The average molecular weight is 491 g/mol. The molecule has 187 valence electrons. The average Bonchev–Trinajstić information content (AvgIpc) is 2.89. The van der Waals surface area contributed by atoms with Gasteiger partial charge in [-0.1, -0.05) is 91.0 Å². The van der Waals surface area contributed by atoms with Crippen molar-refractivity contribution in [1.29, 1.82) is 0 Å². The van der Waals surface area contributed by atoms with Gasteiger partial charge in [0.1, 0.15) is 18.7 Å². The minimum absolute atomic E-state index is 0. The third kappa shape index (κ3) is 10.4. The Balaban J connectivity index is 0.00000145. The first-order chi connectivity index (χ1) is 17.4. The van der Waals surface area contributed by atoms with Gasteiger partial charge in [0.05, 0.1) is 0 Å². The molecule has 2 amide bonds. The van der Waals surface area contributed by atoms with Gasteiger partial charge in [0.2, 0.25) is 5.91 Å². The Morgan fingerprint density at radius 1 is 0.694 bits per heavy atom. The maximum atomic E-state index is 13.0. The van der Waals surface area contributed by atoms with E-state index in [1.165, 1.54) is 0 Å². The van der Waals surface area contributed by atoms with E-state index in [0.29, 0.717) is 0 Å². The van der Waals surface area contributed by atoms with E-state index in [1.807, 2.05) is 66.7 Å². The molecular formula is C26H28BN2O7. The number of nitrogens with one attached hydrogen (secondary N) is 2. The van der Waals surface area contributed by atoms with Crippen LogP contribution in [-0.4, -0.2) is 52.9 Å². The molecule has 9 nitrogen and oxygen atoms in total. The predicted molar refractivity (Wildman–Crippen MR) is 134 cm³/mol. The summed E-state index contributed by atoms with van der Waals surface area (Å²) >= 11 is 0. The van der Waals surface area contributed by atoms with Crippen LogP contribution in [0.4, 0.5) is 4.79 Å². The first kappa shape index (κ1) is 28.1. The highest BCUT2D eigenvalue weighted by Gasteiger charge is 2.27. The van der Waals surface area contributed by atoms with Crippen molar-refractivity contribution in [2.24, 2.45) is 0 Å². The number of hydrogen-bond donors (Lipinski definition) is 5. The molecule has 10 heteroatoms. The first-order valence-corrected chi connectivity index (χ1v) is 11.1. The molecule has 2 unspecified atom stereocenters. The number of amides is 2. The van der Waals surface area contributed by atoms with Crippen molar-refractivity contribution in [2.75, 3.05) is 0 Å². The third-order valence-corrected chi connectivity index (χ3v) is 5.00. The molecule has 0 aliphatic carbocycles. The number of rotatable bonds is 10. The van der Waals surface area contributed by atoms with Crippen molar-refractivity contribution in [3.05, 3.63) is 108 Å². The van der Waals surface area contributed by atoms with Gasteiger partial charge in [-0.15, -0.1) is 0 Å². The molecule has 0 spiro atoms. The monoisotopic (exact) mass is 491 g/mol. The van der Waals surface area contributed by atoms with E-state index in [9.17, 15) is 19.5 Å². The largest absolute Gasteiger partial charge is 0.482 e. The van der Waals surface area contributed by atoms with Crippen molar-refractivity contribution in [3.8, 4) is 0 Å². The molecule has 5 N–H and O–H groups in total. The second-order valence-electron chi connectivity index (χ2n) is 7.65. The lowest BCUT2D eigenvalue weighted by molar-refractivity contribution is -0.142. The van der Waals surface area contributed by atoms with Gasteiger partial charge in [-0.25, -0.2) is 9.59 Å². The van der Waals surface area contributed by atoms with Gasteiger partial charge in [-0.3, -0.25) is 4.79 Å². The van der Waals surface area contributed by atoms with Crippen molar-refractivity contribution < 1.29 is 34.3 Å². The van der Waals surface area contributed by atoms with Gasteiger partial charge >= 0.3 is 19.7 Å². The zero-order valence-corrected chi connectivity index (χ0v) is 19.5. The number of ether oxygens (including phenoxy) is 1. The SMILES string of the molecule is O=C(NC(Cc1ccccc1)C(=O)NC(Cc1ccccc1)C(=O)O)OCc1ccccc1.O[B]O. The van der Waals surface area contributed by atoms with E-state index < -0.39 is 30.1 Å². The molecule has 2 atom stereocenters. The molecule has 3 rings (SSSR count). The number of aliphatic carboxylic acids is 1. The number of carbonyl (C=O) groups is 3. The summed E-state index contributed by atoms with van der Waals surface area (Å²) in [6.07, 6.45) is -0.451. The van der Waals surface area contributed by atoms with Crippen LogP contribution in [0.2, 0.25) is 0 Å². The summed E-state index contributed by atoms with van der Waals surface area (Å²) in [5.74, 6) is -1.75. The molecule has 0 aliphatic rings. The van der Waals surface area contributed by atoms with Crippen molar-refractivity contribution in [1.82, 2.24) is 10.6 Å². The van der Waals surface area contributed by atoms with E-state index in [0.717, 1.165) is 16.7 Å². The van der Waals surface area contributed by atoms with Gasteiger partial charge < -0.3 is 30.5 Å². The number of carboxylic acids is 1. The lowest BCUT2D eigenvalue weighted by Gasteiger charge is -2.21. The Bertz CT molecular complexity index is 1070. The number of carboxylic acid groups (broad SMARTS) is 1. The summed E-state index contributed by atoms with van der Waals surface area (Å²) in [5.41, 5.74) is 2.40. The van der Waals surface area contributed by atoms with Crippen LogP contribution in [0.5, 0.6) is 0 Å². The lowest BCUT2D eigenvalue weighted by atomic mass is 10.0. The molecule has 0 fully saturated rings. The van der Waals surface area contributed by atoms with Gasteiger partial charge in [0.25, 0.3) is 0 Å². The van der Waals surface area contributed by atoms with E-state index >= 15 is 0 Å². The molecule has 0 aromatic heterocycles. The quantitative estimate of drug-likeness (QED) is 0.272. The van der Waals surface area contributed by atoms with E-state index in [-0.39, 0.29) is 27.1 Å². The van der Waals surface area contributed by atoms with E-state index in [4.69, 9.17) is 14.8 Å². The van der Waals surface area contributed by atoms with Crippen LogP contribution in [0.15, 0.2) is 91.0 Å². The molecule has 3 aromatic carbocycles. The lowest BCUT2D eigenvalue weighted by Crippen LogP contribution is -2.53. The highest BCUT2D eigenvalue weighted by molar-refractivity contribution is 6.13. The molecule has 36 heavy (non-hydrogen) atoms. The van der Waals surface area contributed by atoms with Crippen LogP contribution >= 0.6 is 0 Å². The highest BCUT2D eigenvalue weighted by Crippen LogP contribution is 2.08. The fourth-order valence-electron chi connectivity index (χ4n) is 3.29. The molecule has 0 bridgehead atoms. The summed E-state index contributed by atoms with van der Waals surface area (Å²) in [6.45, 7) is 0.0537. The van der Waals surface area contributed by atoms with Crippen LogP contribution in [0.1, 0.15) is 16.7 Å². The molecule has 0 saturated carbocycles. The number of benzene rings is 3. The Morgan fingerprint density at radius 2 is 1.11 bits per heavy atom. The van der Waals surface area contributed by atoms with Crippen LogP contribution in [0.3, 0.4) is 0 Å². The second-order valence-corrected chi connectivity index (χ2v) is 7.65. The smallest absolute Gasteiger partial charge is 0.480 e. The van der Waals surface area contributed by atoms with Crippen molar-refractivity contribution in [3.63, 3.8) is 0 Å². The summed E-state index contributed by atoms with van der Waals surface area (Å²) in [7, 11) is 0. The van der Waals surface area contributed by atoms with Gasteiger partial charge in [-0.05, 0) is 16.7 Å². The minimum Gasteiger partial charge on any atom is -0.480 e. The van der Waals surface area contributed by atoms with Gasteiger partial charge in [0, 0.05) is 12.8 Å². The van der Waals surface area contributed by atoms with E-state index in [2.05, 4.69) is 10.6 Å². The van der Waals surface area contributed by atoms with Crippen LogP contribution in [-0.2, 0) is 33.8 Å². The molecular weight excluding hydrogens is 463 g/mol. The molecule has 0 heterocycles. The van der Waals surface area contributed by atoms with Crippen molar-refractivity contribution in [2.45, 2.75) is 31.5 Å². The predicted octanol–water partition coefficient (Wildman–Crippen LogP) is 1.84. The number of hydrogen-bond acceptors (Lipinski definition) is 6. The van der Waals surface area contributed by atoms with Crippen LogP contribution < -0.4 is 10.6 Å². The summed E-state index contributed by atoms with van der Waals surface area (Å²) in [4.78, 5) is 37.2. The summed E-state index contributed by atoms with van der Waals surface area (Å²) in [6, 6.07) is 25.2. The summed E-state index contributed by atoms with van der Waals surface area (Å²) < 4.78 is 5.25. The minimum atomic E-state index is -1.16. The van der Waals surface area contributed by atoms with Crippen LogP contribution in [0, 0.1) is 0 Å². The second kappa shape index (κ2) is 15.7. The number of alkyl carbamates (subject to hydrolysis) is 1. The third-order valence-electron chi connectivity index (χ3n) is 5.00. The molecule has 0 saturated heterocycles. The van der Waals surface area contributed by atoms with Crippen LogP contribution in [0.25, 0.3) is 0 Å². The number of carbonyl (C=O) groups excluding carboxylic acids is 2. The standard InChI is InChI=1S/C26H26N2O5.BH2O2/c29-24(27-23(25(30)31)17-20-12-6-2-7-13-20)22(16-19-10-4-1-5-11-19)28-26(32)33-18-21-14-8-3-9-15-21;2-1-3/h1-15,22-23H,16-18H2,(H,27,29)(H,28,32)(H,30,31);2-3H. The first-order valence-electron chi connectivity index (χ1n) is 11.1. The maximum absolute atomic E-state index is 13.0. The normalized spacial score (nSPS) is 11.6. The highest BCUT2D eigenvalue weighted by atomic mass is 16.5. The Hall–Kier alpha value is -4.15. The Labute approximate surface area is 210 Å². The molecule has 0 aliphatic heterocycles. The zero-order chi connectivity index (χ0) is 26.2. The fraction of sp³-hybridized carbons (Fsp3) is 0.192. The van der Waals surface area contributed by atoms with E-state index in [1.54, 1.807) is 24.3 Å². The summed E-state index contributed by atoms with van der Waals surface area (Å²) in [5, 5.41) is 28.8. The fourth-order valence-corrected chi connectivity index (χ4v) is 3.29.